The van der Waals surface area contributed by atoms with Crippen molar-refractivity contribution < 1.29 is 4.74 Å². The lowest BCUT2D eigenvalue weighted by Crippen LogP contribution is -2.32. The van der Waals surface area contributed by atoms with Crippen LogP contribution >= 0.6 is 0 Å². The van der Waals surface area contributed by atoms with Crippen LogP contribution in [-0.2, 0) is 11.2 Å². The largest absolute Gasteiger partial charge is 0.383 e. The van der Waals surface area contributed by atoms with Gasteiger partial charge in [0, 0.05) is 19.6 Å². The van der Waals surface area contributed by atoms with E-state index >= 15 is 0 Å². The molecule has 1 unspecified atom stereocenters. The zero-order valence-electron chi connectivity index (χ0n) is 9.29. The summed E-state index contributed by atoms with van der Waals surface area (Å²) in [6.45, 7) is 0.645. The summed E-state index contributed by atoms with van der Waals surface area (Å²) < 4.78 is 6.53. The quantitative estimate of drug-likeness (QED) is 0.720. The number of hydrogen-bond acceptors (Lipinski definition) is 6. The van der Waals surface area contributed by atoms with Crippen LogP contribution in [-0.4, -0.2) is 52.1 Å². The summed E-state index contributed by atoms with van der Waals surface area (Å²) in [7, 11) is 3.58. The van der Waals surface area contributed by atoms with E-state index in [2.05, 4.69) is 25.9 Å². The van der Waals surface area contributed by atoms with Crippen LogP contribution in [0.3, 0.4) is 0 Å². The van der Waals surface area contributed by atoms with Gasteiger partial charge in [-0.25, -0.2) is 0 Å². The Morgan fingerprint density at radius 3 is 3.12 bits per heavy atom. The lowest BCUT2D eigenvalue weighted by molar-refractivity contribution is 0.169. The molecule has 1 atom stereocenters. The molecule has 0 amide bonds. The normalized spacial score (nSPS) is 13.1. The topological polar surface area (TPSA) is 77.2 Å². The molecule has 86 valence electrons. The van der Waals surface area contributed by atoms with Crippen molar-refractivity contribution in [2.24, 2.45) is 0 Å². The molecular formula is C9H14N6O. The summed E-state index contributed by atoms with van der Waals surface area (Å²) in [5, 5.41) is 18.5. The molecule has 0 aliphatic rings. The summed E-state index contributed by atoms with van der Waals surface area (Å²) in [5.74, 6) is 0. The van der Waals surface area contributed by atoms with Crippen LogP contribution in [0, 0.1) is 0 Å². The highest BCUT2D eigenvalue weighted by Crippen LogP contribution is 2.01. The number of ether oxygens (including phenoxy) is 1. The van der Waals surface area contributed by atoms with E-state index in [9.17, 15) is 0 Å². The van der Waals surface area contributed by atoms with Crippen molar-refractivity contribution in [3.05, 3.63) is 17.8 Å². The van der Waals surface area contributed by atoms with Gasteiger partial charge in [0.05, 0.1) is 12.3 Å². The molecule has 0 spiro atoms. The maximum Gasteiger partial charge on any atom is 0.199 e. The molecular weight excluding hydrogens is 208 g/mol. The Bertz CT molecular complexity index is 456. The molecule has 2 aromatic rings. The molecule has 0 radical (unpaired) electrons. The van der Waals surface area contributed by atoms with E-state index in [1.165, 1.54) is 4.63 Å². The Kier molecular flexibility index (Phi) is 3.37. The van der Waals surface area contributed by atoms with Crippen LogP contribution in [0.5, 0.6) is 0 Å². The summed E-state index contributed by atoms with van der Waals surface area (Å²) in [5.41, 5.74) is 1.58. The molecule has 0 bridgehead atoms. The molecule has 0 fully saturated rings. The minimum Gasteiger partial charge on any atom is -0.383 e. The van der Waals surface area contributed by atoms with Crippen LogP contribution in [0.15, 0.2) is 12.1 Å². The Labute approximate surface area is 92.8 Å². The van der Waals surface area contributed by atoms with Crippen molar-refractivity contribution >= 4 is 5.65 Å². The summed E-state index contributed by atoms with van der Waals surface area (Å²) in [4.78, 5) is 0. The molecule has 0 aromatic carbocycles. The number of tetrazole rings is 1. The predicted octanol–water partition coefficient (Wildman–Crippen LogP) is -0.704. The number of fused-ring (bicyclic) bond motifs is 1. The van der Waals surface area contributed by atoms with Gasteiger partial charge in [-0.1, -0.05) is 0 Å². The number of nitrogens with one attached hydrogen (secondary N) is 1. The van der Waals surface area contributed by atoms with E-state index in [0.29, 0.717) is 12.3 Å². The molecule has 2 rings (SSSR count). The fourth-order valence-corrected chi connectivity index (χ4v) is 1.49. The lowest BCUT2D eigenvalue weighted by Gasteiger charge is -2.13. The number of likely N-dealkylation sites (N-methyl/N-ethyl adjacent to an activating group) is 1. The minimum absolute atomic E-state index is 0.242. The lowest BCUT2D eigenvalue weighted by atomic mass is 10.1. The number of hydrogen-bond donors (Lipinski definition) is 1. The first-order valence-electron chi connectivity index (χ1n) is 5.04. The van der Waals surface area contributed by atoms with E-state index in [1.54, 1.807) is 7.11 Å². The molecule has 1 N–H and O–H groups in total. The van der Waals surface area contributed by atoms with Crippen molar-refractivity contribution in [2.45, 2.75) is 12.5 Å². The van der Waals surface area contributed by atoms with Crippen LogP contribution < -0.4 is 5.32 Å². The summed E-state index contributed by atoms with van der Waals surface area (Å²) in [6, 6.07) is 4.01. The molecule has 16 heavy (non-hydrogen) atoms. The van der Waals surface area contributed by atoms with Gasteiger partial charge < -0.3 is 10.1 Å². The standard InChI is InChI=1S/C9H14N6O/c1-10-8(6-16-2)5-7-3-4-9-11-13-14-15(9)12-7/h3-4,8,10H,5-6H2,1-2H3. The van der Waals surface area contributed by atoms with Gasteiger partial charge in [0.25, 0.3) is 0 Å². The minimum atomic E-state index is 0.242. The van der Waals surface area contributed by atoms with E-state index < -0.39 is 0 Å². The van der Waals surface area contributed by atoms with Gasteiger partial charge in [0.15, 0.2) is 5.65 Å². The van der Waals surface area contributed by atoms with Gasteiger partial charge >= 0.3 is 0 Å². The molecule has 7 nitrogen and oxygen atoms in total. The van der Waals surface area contributed by atoms with Crippen LogP contribution in [0.25, 0.3) is 5.65 Å². The zero-order valence-corrected chi connectivity index (χ0v) is 9.29. The average Bonchev–Trinajstić information content (AvgIpc) is 2.75. The van der Waals surface area contributed by atoms with Crippen LogP contribution in [0.1, 0.15) is 5.69 Å². The number of nitrogens with zero attached hydrogens (tertiary/aromatic N) is 5. The smallest absolute Gasteiger partial charge is 0.199 e. The number of aromatic nitrogens is 5. The van der Waals surface area contributed by atoms with E-state index in [1.807, 2.05) is 19.2 Å². The Hall–Kier alpha value is -1.60. The Balaban J connectivity index is 2.13. The highest BCUT2D eigenvalue weighted by Gasteiger charge is 2.09. The van der Waals surface area contributed by atoms with E-state index in [0.717, 1.165) is 12.1 Å². The molecule has 0 saturated heterocycles. The second kappa shape index (κ2) is 4.95. The first-order valence-corrected chi connectivity index (χ1v) is 5.04. The predicted molar refractivity (Wildman–Crippen MR) is 57.0 cm³/mol. The third-order valence-corrected chi connectivity index (χ3v) is 2.36. The molecule has 2 heterocycles. The second-order valence-electron chi connectivity index (χ2n) is 3.50. The van der Waals surface area contributed by atoms with E-state index in [4.69, 9.17) is 4.74 Å². The fourth-order valence-electron chi connectivity index (χ4n) is 1.49. The second-order valence-corrected chi connectivity index (χ2v) is 3.50. The first kappa shape index (κ1) is 10.9. The first-order chi connectivity index (χ1) is 7.83. The van der Waals surface area contributed by atoms with Crippen molar-refractivity contribution in [1.82, 2.24) is 30.6 Å². The average molecular weight is 222 g/mol. The number of rotatable bonds is 5. The highest BCUT2D eigenvalue weighted by molar-refractivity contribution is 5.32. The molecule has 0 saturated carbocycles. The Morgan fingerprint density at radius 2 is 2.38 bits per heavy atom. The molecule has 2 aromatic heterocycles. The van der Waals surface area contributed by atoms with Crippen molar-refractivity contribution in [3.8, 4) is 0 Å². The molecule has 0 aliphatic carbocycles. The van der Waals surface area contributed by atoms with Crippen molar-refractivity contribution in [1.29, 1.82) is 0 Å². The zero-order chi connectivity index (χ0) is 11.4. The van der Waals surface area contributed by atoms with Crippen LogP contribution in [0.4, 0.5) is 0 Å². The maximum atomic E-state index is 5.10. The fraction of sp³-hybridized carbons (Fsp3) is 0.556. The third-order valence-electron chi connectivity index (χ3n) is 2.36. The van der Waals surface area contributed by atoms with Gasteiger partial charge in [-0.3, -0.25) is 0 Å². The summed E-state index contributed by atoms with van der Waals surface area (Å²) in [6.07, 6.45) is 0.778. The van der Waals surface area contributed by atoms with Gasteiger partial charge in [-0.15, -0.1) is 9.73 Å². The van der Waals surface area contributed by atoms with Crippen molar-refractivity contribution in [3.63, 3.8) is 0 Å². The van der Waals surface area contributed by atoms with Crippen molar-refractivity contribution in [2.75, 3.05) is 20.8 Å². The maximum absolute atomic E-state index is 5.10. The monoisotopic (exact) mass is 222 g/mol. The highest BCUT2D eigenvalue weighted by atomic mass is 16.5. The van der Waals surface area contributed by atoms with Gasteiger partial charge in [0.2, 0.25) is 0 Å². The third kappa shape index (κ3) is 2.31. The van der Waals surface area contributed by atoms with E-state index in [-0.39, 0.29) is 6.04 Å². The number of methoxy groups -OCH3 is 1. The SMILES string of the molecule is CNC(COC)Cc1ccc2nnnn2n1. The summed E-state index contributed by atoms with van der Waals surface area (Å²) >= 11 is 0. The molecule has 7 heteroatoms. The van der Waals surface area contributed by atoms with Gasteiger partial charge in [-0.2, -0.15) is 5.10 Å². The molecule has 0 aliphatic heterocycles. The van der Waals surface area contributed by atoms with Crippen LogP contribution in [0.2, 0.25) is 0 Å². The Morgan fingerprint density at radius 1 is 1.50 bits per heavy atom. The van der Waals surface area contributed by atoms with Gasteiger partial charge in [-0.05, 0) is 29.6 Å². The van der Waals surface area contributed by atoms with Gasteiger partial charge in [0.1, 0.15) is 0 Å².